The van der Waals surface area contributed by atoms with Crippen molar-refractivity contribution in [3.05, 3.63) is 47.7 Å². The molecular formula is C12H14O2. The molecule has 2 heteroatoms. The second-order valence-corrected chi connectivity index (χ2v) is 3.44. The van der Waals surface area contributed by atoms with Gasteiger partial charge in [-0.1, -0.05) is 30.3 Å². The first-order valence-electron chi connectivity index (χ1n) is 4.73. The van der Waals surface area contributed by atoms with E-state index >= 15 is 0 Å². The van der Waals surface area contributed by atoms with E-state index in [4.69, 9.17) is 9.47 Å². The first-order valence-corrected chi connectivity index (χ1v) is 4.73. The highest BCUT2D eigenvalue weighted by Crippen LogP contribution is 2.37. The highest BCUT2D eigenvalue weighted by atomic mass is 16.7. The van der Waals surface area contributed by atoms with Crippen LogP contribution in [0.15, 0.2) is 42.2 Å². The van der Waals surface area contributed by atoms with Gasteiger partial charge in [0.05, 0.1) is 5.76 Å². The standard InChI is InChI=1S/C12H14O2/c1-10-8-9-12(13-2,14-10)11-6-4-3-5-7-11/h3-8H,9H2,1-2H3. The van der Waals surface area contributed by atoms with E-state index < -0.39 is 5.79 Å². The fraction of sp³-hybridized carbons (Fsp3) is 0.333. The van der Waals surface area contributed by atoms with Gasteiger partial charge in [0.2, 0.25) is 5.79 Å². The van der Waals surface area contributed by atoms with Crippen LogP contribution in [0.3, 0.4) is 0 Å². The lowest BCUT2D eigenvalue weighted by atomic mass is 10.0. The summed E-state index contributed by atoms with van der Waals surface area (Å²) >= 11 is 0. The molecule has 0 fully saturated rings. The van der Waals surface area contributed by atoms with Gasteiger partial charge in [0.1, 0.15) is 0 Å². The first kappa shape index (κ1) is 9.28. The summed E-state index contributed by atoms with van der Waals surface area (Å²) in [6, 6.07) is 10.0. The fourth-order valence-electron chi connectivity index (χ4n) is 1.73. The van der Waals surface area contributed by atoms with Crippen LogP contribution in [-0.2, 0) is 15.3 Å². The zero-order valence-electron chi connectivity index (χ0n) is 8.49. The van der Waals surface area contributed by atoms with Crippen molar-refractivity contribution >= 4 is 0 Å². The van der Waals surface area contributed by atoms with Gasteiger partial charge in [-0.05, 0) is 13.0 Å². The van der Waals surface area contributed by atoms with Gasteiger partial charge in [0, 0.05) is 19.1 Å². The van der Waals surface area contributed by atoms with Crippen molar-refractivity contribution in [2.24, 2.45) is 0 Å². The lowest BCUT2D eigenvalue weighted by molar-refractivity contribution is -0.192. The smallest absolute Gasteiger partial charge is 0.240 e. The fourth-order valence-corrected chi connectivity index (χ4v) is 1.73. The van der Waals surface area contributed by atoms with Crippen molar-refractivity contribution in [2.45, 2.75) is 19.1 Å². The molecule has 0 bridgehead atoms. The van der Waals surface area contributed by atoms with Crippen LogP contribution < -0.4 is 0 Å². The van der Waals surface area contributed by atoms with Gasteiger partial charge in [-0.3, -0.25) is 0 Å². The molecule has 1 heterocycles. The number of hydrogen-bond donors (Lipinski definition) is 0. The summed E-state index contributed by atoms with van der Waals surface area (Å²) in [5.74, 6) is 0.335. The third-order valence-corrected chi connectivity index (χ3v) is 2.53. The summed E-state index contributed by atoms with van der Waals surface area (Å²) in [4.78, 5) is 0. The number of rotatable bonds is 2. The van der Waals surface area contributed by atoms with Crippen LogP contribution in [0.2, 0.25) is 0 Å². The number of benzene rings is 1. The SMILES string of the molecule is COC1(c2ccccc2)CC=C(C)O1. The van der Waals surface area contributed by atoms with Crippen LogP contribution in [0.1, 0.15) is 18.9 Å². The monoisotopic (exact) mass is 190 g/mol. The summed E-state index contributed by atoms with van der Waals surface area (Å²) in [6.45, 7) is 1.95. The van der Waals surface area contributed by atoms with Crippen LogP contribution in [0.4, 0.5) is 0 Å². The summed E-state index contributed by atoms with van der Waals surface area (Å²) in [5.41, 5.74) is 1.07. The number of ether oxygens (including phenoxy) is 2. The van der Waals surface area contributed by atoms with E-state index in [9.17, 15) is 0 Å². The molecule has 0 radical (unpaired) electrons. The summed E-state index contributed by atoms with van der Waals surface area (Å²) in [7, 11) is 1.68. The second kappa shape index (κ2) is 3.46. The Kier molecular flexibility index (Phi) is 2.30. The molecule has 74 valence electrons. The van der Waals surface area contributed by atoms with Gasteiger partial charge < -0.3 is 9.47 Å². The van der Waals surface area contributed by atoms with E-state index in [1.54, 1.807) is 7.11 Å². The average Bonchev–Trinajstić information content (AvgIpc) is 2.63. The van der Waals surface area contributed by atoms with E-state index in [1.165, 1.54) is 0 Å². The minimum atomic E-state index is -0.592. The predicted molar refractivity (Wildman–Crippen MR) is 54.6 cm³/mol. The Morgan fingerprint density at radius 3 is 2.50 bits per heavy atom. The molecule has 1 aliphatic rings. The molecule has 1 aliphatic heterocycles. The molecule has 1 aromatic carbocycles. The van der Waals surface area contributed by atoms with Crippen molar-refractivity contribution in [3.8, 4) is 0 Å². The molecule has 0 amide bonds. The molecule has 2 rings (SSSR count). The van der Waals surface area contributed by atoms with Gasteiger partial charge in [-0.25, -0.2) is 0 Å². The van der Waals surface area contributed by atoms with E-state index in [2.05, 4.69) is 6.08 Å². The molecule has 0 aliphatic carbocycles. The summed E-state index contributed by atoms with van der Waals surface area (Å²) in [6.07, 6.45) is 2.83. The van der Waals surface area contributed by atoms with Crippen molar-refractivity contribution in [1.82, 2.24) is 0 Å². The van der Waals surface area contributed by atoms with Crippen LogP contribution in [0.25, 0.3) is 0 Å². The maximum atomic E-state index is 5.72. The molecule has 0 N–H and O–H groups in total. The molecular weight excluding hydrogens is 176 g/mol. The second-order valence-electron chi connectivity index (χ2n) is 3.44. The van der Waals surface area contributed by atoms with E-state index in [0.29, 0.717) is 0 Å². The first-order chi connectivity index (χ1) is 6.77. The number of allylic oxidation sites excluding steroid dienone is 1. The highest BCUT2D eigenvalue weighted by molar-refractivity contribution is 5.24. The third kappa shape index (κ3) is 1.42. The van der Waals surface area contributed by atoms with Gasteiger partial charge in [0.15, 0.2) is 0 Å². The highest BCUT2D eigenvalue weighted by Gasteiger charge is 2.37. The lowest BCUT2D eigenvalue weighted by Crippen LogP contribution is -2.27. The maximum absolute atomic E-state index is 5.72. The van der Waals surface area contributed by atoms with Crippen molar-refractivity contribution in [1.29, 1.82) is 0 Å². The molecule has 1 atom stereocenters. The Bertz CT molecular complexity index is 343. The van der Waals surface area contributed by atoms with E-state index in [1.807, 2.05) is 37.3 Å². The van der Waals surface area contributed by atoms with E-state index in [0.717, 1.165) is 17.7 Å². The lowest BCUT2D eigenvalue weighted by Gasteiger charge is -2.28. The summed E-state index contributed by atoms with van der Waals surface area (Å²) in [5, 5.41) is 0. The predicted octanol–water partition coefficient (Wildman–Crippen LogP) is 2.81. The van der Waals surface area contributed by atoms with Gasteiger partial charge in [-0.15, -0.1) is 0 Å². The number of hydrogen-bond acceptors (Lipinski definition) is 2. The third-order valence-electron chi connectivity index (χ3n) is 2.53. The average molecular weight is 190 g/mol. The minimum Gasteiger partial charge on any atom is -0.463 e. The molecule has 0 saturated carbocycles. The molecule has 0 aromatic heterocycles. The molecule has 0 saturated heterocycles. The topological polar surface area (TPSA) is 18.5 Å². The molecule has 0 spiro atoms. The van der Waals surface area contributed by atoms with Crippen LogP contribution in [-0.4, -0.2) is 7.11 Å². The van der Waals surface area contributed by atoms with Crippen LogP contribution in [0.5, 0.6) is 0 Å². The molecule has 1 aromatic rings. The van der Waals surface area contributed by atoms with Crippen molar-refractivity contribution in [3.63, 3.8) is 0 Å². The zero-order valence-corrected chi connectivity index (χ0v) is 8.49. The largest absolute Gasteiger partial charge is 0.463 e. The summed E-state index contributed by atoms with van der Waals surface area (Å²) < 4.78 is 11.2. The molecule has 1 unspecified atom stereocenters. The molecule has 2 nitrogen and oxygen atoms in total. The van der Waals surface area contributed by atoms with E-state index in [-0.39, 0.29) is 0 Å². The van der Waals surface area contributed by atoms with Gasteiger partial charge in [0.25, 0.3) is 0 Å². The number of methoxy groups -OCH3 is 1. The van der Waals surface area contributed by atoms with Crippen LogP contribution >= 0.6 is 0 Å². The molecule has 14 heavy (non-hydrogen) atoms. The van der Waals surface area contributed by atoms with Gasteiger partial charge in [-0.2, -0.15) is 0 Å². The van der Waals surface area contributed by atoms with Gasteiger partial charge >= 0.3 is 0 Å². The zero-order chi connectivity index (χ0) is 10.0. The Morgan fingerprint density at radius 1 is 1.29 bits per heavy atom. The Morgan fingerprint density at radius 2 is 2.00 bits per heavy atom. The Labute approximate surface area is 84.2 Å². The quantitative estimate of drug-likeness (QED) is 0.714. The normalized spacial score (nSPS) is 25.7. The Hall–Kier alpha value is -1.28. The minimum absolute atomic E-state index is 0.592. The van der Waals surface area contributed by atoms with Crippen molar-refractivity contribution in [2.75, 3.05) is 7.11 Å². The van der Waals surface area contributed by atoms with Crippen LogP contribution in [0, 0.1) is 0 Å². The Balaban J connectivity index is 2.32. The van der Waals surface area contributed by atoms with Crippen molar-refractivity contribution < 1.29 is 9.47 Å². The maximum Gasteiger partial charge on any atom is 0.240 e.